The van der Waals surface area contributed by atoms with Crippen LogP contribution in [0.1, 0.15) is 63.0 Å². The van der Waals surface area contributed by atoms with Gasteiger partial charge in [-0.25, -0.2) is 9.89 Å². The highest BCUT2D eigenvalue weighted by Gasteiger charge is 2.38. The summed E-state index contributed by atoms with van der Waals surface area (Å²) >= 11 is 0. The van der Waals surface area contributed by atoms with E-state index in [-0.39, 0.29) is 23.5 Å². The largest absolute Gasteiger partial charge is 0.507 e. The van der Waals surface area contributed by atoms with E-state index in [1.54, 1.807) is 0 Å². The van der Waals surface area contributed by atoms with Crippen LogP contribution in [0.3, 0.4) is 0 Å². The first-order chi connectivity index (χ1) is 13.5. The fourth-order valence-corrected chi connectivity index (χ4v) is 4.39. The molecule has 6 nitrogen and oxygen atoms in total. The number of fused-ring (bicyclic) bond motifs is 3. The van der Waals surface area contributed by atoms with Crippen LogP contribution in [-0.4, -0.2) is 15.3 Å². The molecule has 0 amide bonds. The molecule has 0 spiro atoms. The second-order valence-corrected chi connectivity index (χ2v) is 7.80. The van der Waals surface area contributed by atoms with Crippen molar-refractivity contribution in [3.63, 3.8) is 0 Å². The van der Waals surface area contributed by atoms with Crippen LogP contribution in [0.15, 0.2) is 39.3 Å². The maximum Gasteiger partial charge on any atom is 0.434 e. The molecule has 6 heteroatoms. The molecule has 1 aromatic heterocycles. The molecule has 4 rings (SSSR count). The Kier molecular flexibility index (Phi) is 4.87. The molecule has 2 heterocycles. The number of allylic oxidation sites excluding steroid dienone is 3. The van der Waals surface area contributed by atoms with Gasteiger partial charge in [0, 0.05) is 17.4 Å². The molecular weight excluding hydrogens is 356 g/mol. The molecule has 0 radical (unpaired) electrons. The molecule has 2 unspecified atom stereocenters. The van der Waals surface area contributed by atoms with E-state index >= 15 is 0 Å². The minimum Gasteiger partial charge on any atom is -0.507 e. The van der Waals surface area contributed by atoms with Crippen LogP contribution in [0, 0.1) is 5.92 Å². The fraction of sp³-hybridized carbons (Fsp3) is 0.455. The Morgan fingerprint density at radius 1 is 1.39 bits per heavy atom. The zero-order chi connectivity index (χ0) is 19.8. The summed E-state index contributed by atoms with van der Waals surface area (Å²) in [7, 11) is 0. The highest BCUT2D eigenvalue weighted by molar-refractivity contribution is 5.73. The van der Waals surface area contributed by atoms with Gasteiger partial charge in [0.1, 0.15) is 17.3 Å². The minimum atomic E-state index is -0.637. The third-order valence-corrected chi connectivity index (χ3v) is 5.82. The summed E-state index contributed by atoms with van der Waals surface area (Å²) in [4.78, 5) is 11.5. The maximum absolute atomic E-state index is 11.5. The number of ether oxygens (including phenoxy) is 1. The molecule has 0 saturated heterocycles. The molecule has 0 saturated carbocycles. The number of phenolic OH excluding ortho intramolecular Hbond substituents is 1. The Morgan fingerprint density at radius 3 is 2.93 bits per heavy atom. The van der Waals surface area contributed by atoms with Gasteiger partial charge in [0.05, 0.1) is 5.56 Å². The van der Waals surface area contributed by atoms with Gasteiger partial charge in [0.2, 0.25) is 0 Å². The van der Waals surface area contributed by atoms with E-state index in [9.17, 15) is 9.90 Å². The van der Waals surface area contributed by atoms with Crippen molar-refractivity contribution in [2.24, 2.45) is 5.92 Å². The minimum absolute atomic E-state index is 0.000828. The molecule has 2 aliphatic rings. The number of nitrogens with zero attached hydrogens (tertiary/aromatic N) is 1. The summed E-state index contributed by atoms with van der Waals surface area (Å²) in [5.74, 6) is 1.10. The second-order valence-electron chi connectivity index (χ2n) is 7.80. The molecule has 1 aliphatic heterocycles. The first-order valence-corrected chi connectivity index (χ1v) is 9.98. The lowest BCUT2D eigenvalue weighted by molar-refractivity contribution is 0.275. The van der Waals surface area contributed by atoms with Crippen molar-refractivity contribution in [1.82, 2.24) is 10.2 Å². The van der Waals surface area contributed by atoms with E-state index in [0.717, 1.165) is 55.4 Å². The average molecular weight is 382 g/mol. The van der Waals surface area contributed by atoms with Crippen molar-refractivity contribution in [1.29, 1.82) is 0 Å². The molecule has 2 aromatic rings. The number of hydrogen-bond acceptors (Lipinski definition) is 5. The SMILES string of the molecule is C=C1Oc2cc(CCCCC)c(-c3n[nH]c(=O)o3)c(O)c2C2C=C(C)CCC12. The van der Waals surface area contributed by atoms with E-state index in [1.165, 1.54) is 5.57 Å². The van der Waals surface area contributed by atoms with E-state index in [4.69, 9.17) is 9.15 Å². The molecule has 148 valence electrons. The Labute approximate surface area is 163 Å². The summed E-state index contributed by atoms with van der Waals surface area (Å²) < 4.78 is 11.3. The summed E-state index contributed by atoms with van der Waals surface area (Å²) in [5, 5.41) is 17.6. The number of aromatic amines is 1. The number of phenols is 1. The van der Waals surface area contributed by atoms with Gasteiger partial charge in [-0.2, -0.15) is 0 Å². The summed E-state index contributed by atoms with van der Waals surface area (Å²) in [6, 6.07) is 1.95. The number of aromatic nitrogens is 2. The third kappa shape index (κ3) is 3.17. The van der Waals surface area contributed by atoms with Crippen molar-refractivity contribution in [3.8, 4) is 23.0 Å². The smallest absolute Gasteiger partial charge is 0.434 e. The molecule has 0 bridgehead atoms. The quantitative estimate of drug-likeness (QED) is 0.572. The number of H-pyrrole nitrogens is 1. The van der Waals surface area contributed by atoms with Crippen LogP contribution in [0.2, 0.25) is 0 Å². The second kappa shape index (κ2) is 7.34. The highest BCUT2D eigenvalue weighted by Crippen LogP contribution is 2.53. The molecular formula is C22H26N2O4. The van der Waals surface area contributed by atoms with Crippen LogP contribution < -0.4 is 10.5 Å². The lowest BCUT2D eigenvalue weighted by Crippen LogP contribution is -2.25. The summed E-state index contributed by atoms with van der Waals surface area (Å²) in [6.07, 6.45) is 7.99. The molecule has 2 atom stereocenters. The van der Waals surface area contributed by atoms with Gasteiger partial charge >= 0.3 is 5.76 Å². The first-order valence-electron chi connectivity index (χ1n) is 9.98. The van der Waals surface area contributed by atoms with E-state index in [1.807, 2.05) is 6.07 Å². The third-order valence-electron chi connectivity index (χ3n) is 5.82. The maximum atomic E-state index is 11.5. The van der Waals surface area contributed by atoms with Crippen molar-refractivity contribution in [3.05, 3.63) is 51.7 Å². The molecule has 1 aromatic carbocycles. The van der Waals surface area contributed by atoms with Crippen molar-refractivity contribution >= 4 is 0 Å². The predicted octanol–water partition coefficient (Wildman–Crippen LogP) is 4.81. The van der Waals surface area contributed by atoms with E-state index in [2.05, 4.69) is 36.7 Å². The molecule has 2 N–H and O–H groups in total. The standard InChI is InChI=1S/C22H26N2O4/c1-4-5-6-7-14-11-17-19(20(25)18(14)21-23-24-22(26)28-21)16-10-12(2)8-9-15(16)13(3)27-17/h10-11,15-16,25H,3-9H2,1-2H3,(H,24,26). The van der Waals surface area contributed by atoms with E-state index in [0.29, 0.717) is 11.3 Å². The van der Waals surface area contributed by atoms with Crippen LogP contribution in [0.5, 0.6) is 11.5 Å². The van der Waals surface area contributed by atoms with Gasteiger partial charge < -0.3 is 14.3 Å². The zero-order valence-electron chi connectivity index (χ0n) is 16.4. The number of rotatable bonds is 5. The van der Waals surface area contributed by atoms with Gasteiger partial charge in [-0.1, -0.05) is 38.0 Å². The van der Waals surface area contributed by atoms with Gasteiger partial charge in [-0.05, 0) is 44.2 Å². The average Bonchev–Trinajstić information content (AvgIpc) is 3.07. The lowest BCUT2D eigenvalue weighted by Gasteiger charge is -2.37. The summed E-state index contributed by atoms with van der Waals surface area (Å²) in [5.41, 5.74) is 3.37. The topological polar surface area (TPSA) is 88.4 Å². The van der Waals surface area contributed by atoms with Gasteiger partial charge in [0.15, 0.2) is 0 Å². The molecule has 0 fully saturated rings. The van der Waals surface area contributed by atoms with Gasteiger partial charge in [0.25, 0.3) is 5.89 Å². The fourth-order valence-electron chi connectivity index (χ4n) is 4.39. The number of unbranched alkanes of at least 4 members (excludes halogenated alkanes) is 2. The number of hydrogen-bond donors (Lipinski definition) is 2. The van der Waals surface area contributed by atoms with Gasteiger partial charge in [-0.3, -0.25) is 0 Å². The highest BCUT2D eigenvalue weighted by atomic mass is 16.5. The Morgan fingerprint density at radius 2 is 2.21 bits per heavy atom. The molecule has 28 heavy (non-hydrogen) atoms. The predicted molar refractivity (Wildman–Crippen MR) is 106 cm³/mol. The number of benzene rings is 1. The normalized spacial score (nSPS) is 20.9. The number of aromatic hydroxyl groups is 1. The Balaban J connectivity index is 1.90. The monoisotopic (exact) mass is 382 g/mol. The number of nitrogens with one attached hydrogen (secondary N) is 1. The van der Waals surface area contributed by atoms with Crippen LogP contribution >= 0.6 is 0 Å². The lowest BCUT2D eigenvalue weighted by atomic mass is 9.73. The number of aryl methyl sites for hydroxylation is 1. The van der Waals surface area contributed by atoms with E-state index < -0.39 is 5.76 Å². The Bertz CT molecular complexity index is 998. The summed E-state index contributed by atoms with van der Waals surface area (Å²) in [6.45, 7) is 8.38. The van der Waals surface area contributed by atoms with Crippen molar-refractivity contribution < 1.29 is 14.3 Å². The zero-order valence-corrected chi connectivity index (χ0v) is 16.4. The first kappa shape index (κ1) is 18.6. The van der Waals surface area contributed by atoms with Crippen molar-refractivity contribution in [2.75, 3.05) is 0 Å². The Hall–Kier alpha value is -2.76. The van der Waals surface area contributed by atoms with Gasteiger partial charge in [-0.15, -0.1) is 5.10 Å². The van der Waals surface area contributed by atoms with Crippen molar-refractivity contribution in [2.45, 2.75) is 58.3 Å². The molecule has 1 aliphatic carbocycles. The van der Waals surface area contributed by atoms with Crippen LogP contribution in [-0.2, 0) is 6.42 Å². The van der Waals surface area contributed by atoms with Crippen LogP contribution in [0.4, 0.5) is 0 Å². The van der Waals surface area contributed by atoms with Crippen LogP contribution in [0.25, 0.3) is 11.5 Å².